The second-order valence-electron chi connectivity index (χ2n) is 5.68. The summed E-state index contributed by atoms with van der Waals surface area (Å²) in [6.45, 7) is 11.2. The first kappa shape index (κ1) is 15.9. The van der Waals surface area contributed by atoms with E-state index in [1.807, 2.05) is 13.8 Å². The summed E-state index contributed by atoms with van der Waals surface area (Å²) >= 11 is 0. The minimum Gasteiger partial charge on any atom is -0.383 e. The van der Waals surface area contributed by atoms with E-state index < -0.39 is 0 Å². The Hall–Kier alpha value is -0.120. The average molecular weight is 256 g/mol. The fraction of sp³-hybridized carbons (Fsp3) is 1.00. The van der Waals surface area contributed by atoms with Crippen LogP contribution in [-0.4, -0.2) is 63.3 Å². The van der Waals surface area contributed by atoms with Crippen LogP contribution in [0, 0.1) is 5.41 Å². The van der Waals surface area contributed by atoms with Crippen molar-refractivity contribution in [3.63, 3.8) is 0 Å². The van der Waals surface area contributed by atoms with Crippen molar-refractivity contribution in [2.24, 2.45) is 5.41 Å². The third-order valence-electron chi connectivity index (χ3n) is 4.38. The van der Waals surface area contributed by atoms with Crippen LogP contribution in [-0.2, 0) is 4.74 Å². The molecule has 0 aromatic heterocycles. The van der Waals surface area contributed by atoms with Crippen molar-refractivity contribution in [1.82, 2.24) is 9.80 Å². The van der Waals surface area contributed by atoms with Gasteiger partial charge in [-0.2, -0.15) is 0 Å². The third-order valence-corrected chi connectivity index (χ3v) is 4.38. The molecule has 0 saturated carbocycles. The third kappa shape index (κ3) is 4.52. The molecule has 18 heavy (non-hydrogen) atoms. The Balaban J connectivity index is 0.000000771. The normalized spacial score (nSPS) is 24.7. The van der Waals surface area contributed by atoms with Gasteiger partial charge in [0.05, 0.1) is 6.61 Å². The number of piperidine rings is 2. The predicted octanol–water partition coefficient (Wildman–Crippen LogP) is 2.47. The van der Waals surface area contributed by atoms with Gasteiger partial charge in [-0.05, 0) is 57.8 Å². The van der Waals surface area contributed by atoms with Gasteiger partial charge in [-0.25, -0.2) is 0 Å². The van der Waals surface area contributed by atoms with Gasteiger partial charge in [-0.1, -0.05) is 13.8 Å². The maximum Gasteiger partial charge on any atom is 0.0589 e. The van der Waals surface area contributed by atoms with E-state index >= 15 is 0 Å². The van der Waals surface area contributed by atoms with Crippen LogP contribution in [0.5, 0.6) is 0 Å². The molecule has 0 aromatic rings. The molecule has 3 nitrogen and oxygen atoms in total. The van der Waals surface area contributed by atoms with Gasteiger partial charge < -0.3 is 14.5 Å². The SMILES string of the molecule is CC.COCCN1CCC2(CCCN(C)C2)CC1. The van der Waals surface area contributed by atoms with Crippen LogP contribution in [0.15, 0.2) is 0 Å². The van der Waals surface area contributed by atoms with E-state index in [2.05, 4.69) is 16.8 Å². The molecule has 0 radical (unpaired) electrons. The molecule has 0 aromatic carbocycles. The quantitative estimate of drug-likeness (QED) is 0.771. The Morgan fingerprint density at radius 3 is 2.28 bits per heavy atom. The Bertz CT molecular complexity index is 213. The van der Waals surface area contributed by atoms with Crippen molar-refractivity contribution in [3.05, 3.63) is 0 Å². The molecule has 1 spiro atoms. The van der Waals surface area contributed by atoms with Gasteiger partial charge in [0.15, 0.2) is 0 Å². The van der Waals surface area contributed by atoms with Crippen molar-refractivity contribution in [3.8, 4) is 0 Å². The standard InChI is InChI=1S/C13H26N2O.C2H6/c1-14-7-3-4-13(12-14)5-8-15(9-6-13)10-11-16-2;1-2/h3-12H2,1-2H3;1-2H3. The smallest absolute Gasteiger partial charge is 0.0589 e. The second-order valence-corrected chi connectivity index (χ2v) is 5.68. The zero-order valence-corrected chi connectivity index (χ0v) is 12.9. The number of hydrogen-bond acceptors (Lipinski definition) is 3. The lowest BCUT2D eigenvalue weighted by molar-refractivity contribution is 0.0261. The zero-order chi connectivity index (χ0) is 13.4. The minimum absolute atomic E-state index is 0.649. The van der Waals surface area contributed by atoms with Gasteiger partial charge in [-0.15, -0.1) is 0 Å². The summed E-state index contributed by atoms with van der Waals surface area (Å²) in [5.74, 6) is 0. The summed E-state index contributed by atoms with van der Waals surface area (Å²) in [5, 5.41) is 0. The number of likely N-dealkylation sites (tertiary alicyclic amines) is 2. The molecular weight excluding hydrogens is 224 g/mol. The highest BCUT2D eigenvalue weighted by Crippen LogP contribution is 2.39. The van der Waals surface area contributed by atoms with Crippen molar-refractivity contribution < 1.29 is 4.74 Å². The molecule has 3 heteroatoms. The number of hydrogen-bond donors (Lipinski definition) is 0. The number of methoxy groups -OCH3 is 1. The Labute approximate surface area is 113 Å². The predicted molar refractivity (Wildman–Crippen MR) is 78.1 cm³/mol. The van der Waals surface area contributed by atoms with Gasteiger partial charge >= 0.3 is 0 Å². The summed E-state index contributed by atoms with van der Waals surface area (Å²) in [6, 6.07) is 0. The van der Waals surface area contributed by atoms with Crippen LogP contribution in [0.3, 0.4) is 0 Å². The molecule has 0 N–H and O–H groups in total. The highest BCUT2D eigenvalue weighted by Gasteiger charge is 2.36. The molecule has 2 fully saturated rings. The summed E-state index contributed by atoms with van der Waals surface area (Å²) in [5.41, 5.74) is 0.649. The minimum atomic E-state index is 0.649. The maximum atomic E-state index is 5.15. The topological polar surface area (TPSA) is 15.7 Å². The highest BCUT2D eigenvalue weighted by molar-refractivity contribution is 4.90. The van der Waals surface area contributed by atoms with Crippen LogP contribution < -0.4 is 0 Å². The van der Waals surface area contributed by atoms with Gasteiger partial charge in [0.1, 0.15) is 0 Å². The summed E-state index contributed by atoms with van der Waals surface area (Å²) in [6.07, 6.45) is 5.63. The molecule has 2 saturated heterocycles. The van der Waals surface area contributed by atoms with Crippen LogP contribution >= 0.6 is 0 Å². The molecular formula is C15H32N2O. The first-order chi connectivity index (χ1) is 8.74. The van der Waals surface area contributed by atoms with E-state index in [0.717, 1.165) is 13.2 Å². The molecule has 2 aliphatic rings. The summed E-state index contributed by atoms with van der Waals surface area (Å²) < 4.78 is 5.15. The lowest BCUT2D eigenvalue weighted by Crippen LogP contribution is -2.48. The number of nitrogens with zero attached hydrogens (tertiary/aromatic N) is 2. The van der Waals surface area contributed by atoms with Crippen molar-refractivity contribution in [2.45, 2.75) is 39.5 Å². The lowest BCUT2D eigenvalue weighted by atomic mass is 9.72. The highest BCUT2D eigenvalue weighted by atomic mass is 16.5. The van der Waals surface area contributed by atoms with Crippen LogP contribution in [0.2, 0.25) is 0 Å². The number of ether oxygens (including phenoxy) is 1. The monoisotopic (exact) mass is 256 g/mol. The molecule has 0 amide bonds. The molecule has 108 valence electrons. The molecule has 0 unspecified atom stereocenters. The van der Waals surface area contributed by atoms with Gasteiger partial charge in [0.2, 0.25) is 0 Å². The average Bonchev–Trinajstić information content (AvgIpc) is 2.40. The molecule has 2 heterocycles. The van der Waals surface area contributed by atoms with E-state index in [1.165, 1.54) is 51.9 Å². The zero-order valence-electron chi connectivity index (χ0n) is 12.9. The first-order valence-electron chi connectivity index (χ1n) is 7.64. The van der Waals surface area contributed by atoms with E-state index in [-0.39, 0.29) is 0 Å². The van der Waals surface area contributed by atoms with E-state index in [9.17, 15) is 0 Å². The molecule has 2 rings (SSSR count). The van der Waals surface area contributed by atoms with E-state index in [1.54, 1.807) is 7.11 Å². The van der Waals surface area contributed by atoms with Crippen LogP contribution in [0.25, 0.3) is 0 Å². The first-order valence-corrected chi connectivity index (χ1v) is 7.64. The molecule has 0 atom stereocenters. The van der Waals surface area contributed by atoms with Gasteiger partial charge in [-0.3, -0.25) is 0 Å². The second kappa shape index (κ2) is 8.13. The fourth-order valence-electron chi connectivity index (χ4n) is 3.33. The van der Waals surface area contributed by atoms with Crippen molar-refractivity contribution in [2.75, 3.05) is 53.5 Å². The molecule has 0 bridgehead atoms. The van der Waals surface area contributed by atoms with Crippen LogP contribution in [0.4, 0.5) is 0 Å². The van der Waals surface area contributed by atoms with Crippen LogP contribution in [0.1, 0.15) is 39.5 Å². The van der Waals surface area contributed by atoms with Gasteiger partial charge in [0, 0.05) is 20.2 Å². The lowest BCUT2D eigenvalue weighted by Gasteiger charge is -2.47. The van der Waals surface area contributed by atoms with Crippen molar-refractivity contribution >= 4 is 0 Å². The Morgan fingerprint density at radius 2 is 1.72 bits per heavy atom. The van der Waals surface area contributed by atoms with E-state index in [4.69, 9.17) is 4.74 Å². The Kier molecular flexibility index (Phi) is 7.20. The summed E-state index contributed by atoms with van der Waals surface area (Å²) in [7, 11) is 4.07. The van der Waals surface area contributed by atoms with Gasteiger partial charge in [0.25, 0.3) is 0 Å². The molecule has 0 aliphatic carbocycles. The van der Waals surface area contributed by atoms with Crippen molar-refractivity contribution in [1.29, 1.82) is 0 Å². The maximum absolute atomic E-state index is 5.15. The molecule has 2 aliphatic heterocycles. The number of rotatable bonds is 3. The fourth-order valence-corrected chi connectivity index (χ4v) is 3.33. The Morgan fingerprint density at radius 1 is 1.06 bits per heavy atom. The van der Waals surface area contributed by atoms with E-state index in [0.29, 0.717) is 5.41 Å². The summed E-state index contributed by atoms with van der Waals surface area (Å²) in [4.78, 5) is 5.08. The largest absolute Gasteiger partial charge is 0.383 e.